The lowest BCUT2D eigenvalue weighted by Crippen LogP contribution is -2.05. The minimum absolute atomic E-state index is 0.00248. The van der Waals surface area contributed by atoms with Crippen LogP contribution in [0.25, 0.3) is 27.1 Å². The second-order valence-corrected chi connectivity index (χ2v) is 12.8. The van der Waals surface area contributed by atoms with Crippen molar-refractivity contribution in [2.45, 2.75) is 116 Å². The molecule has 5 rings (SSSR count). The third-order valence-corrected chi connectivity index (χ3v) is 9.23. The molecule has 4 aromatic carbocycles. The average molecular weight is 789 g/mol. The van der Waals surface area contributed by atoms with Crippen molar-refractivity contribution < 1.29 is 14.7 Å². The van der Waals surface area contributed by atoms with Crippen molar-refractivity contribution in [3.8, 4) is 0 Å². The molecule has 0 aromatic heterocycles. The first-order chi connectivity index (χ1) is 27.8. The summed E-state index contributed by atoms with van der Waals surface area (Å²) in [6.45, 7) is 24.9. The molecule has 8 N–H and O–H groups in total. The molecule has 0 saturated carbocycles. The van der Waals surface area contributed by atoms with E-state index in [1.165, 1.54) is 42.8 Å². The van der Waals surface area contributed by atoms with Gasteiger partial charge in [0.15, 0.2) is 5.78 Å². The highest BCUT2D eigenvalue weighted by Crippen LogP contribution is 2.39. The lowest BCUT2D eigenvalue weighted by molar-refractivity contribution is -0.116. The molecule has 0 saturated heterocycles. The van der Waals surface area contributed by atoms with Crippen LogP contribution in [-0.4, -0.2) is 29.6 Å². The Morgan fingerprint density at radius 1 is 0.759 bits per heavy atom. The van der Waals surface area contributed by atoms with E-state index < -0.39 is 0 Å². The number of hydrogen-bond donors (Lipinski definition) is 5. The summed E-state index contributed by atoms with van der Waals surface area (Å²) >= 11 is 0. The number of ketones is 1. The highest BCUT2D eigenvalue weighted by atomic mass is 16.3. The Bertz CT molecular complexity index is 2160. The number of Topliss-reactive ketones (excluding diaryl/α,β-unsaturated/α-hetero) is 1. The number of aliphatic hydroxyl groups excluding tert-OH is 1. The smallest absolute Gasteiger partial charge is 0.214 e. The van der Waals surface area contributed by atoms with E-state index in [-0.39, 0.29) is 17.4 Å². The topological polar surface area (TPSA) is 156 Å². The highest BCUT2D eigenvalue weighted by molar-refractivity contribution is 6.16. The van der Waals surface area contributed by atoms with Crippen LogP contribution in [0.3, 0.4) is 0 Å². The lowest BCUT2D eigenvalue weighted by atomic mass is 9.91. The van der Waals surface area contributed by atoms with Crippen LogP contribution in [0.15, 0.2) is 113 Å². The molecule has 0 atom stereocenters. The van der Waals surface area contributed by atoms with Gasteiger partial charge in [-0.3, -0.25) is 9.59 Å². The number of rotatable bonds is 9. The number of nitrogens with two attached hydrogens (primary N) is 3. The molecule has 4 aromatic rings. The van der Waals surface area contributed by atoms with E-state index in [1.54, 1.807) is 6.92 Å². The summed E-state index contributed by atoms with van der Waals surface area (Å²) in [5, 5.41) is 24.3. The van der Waals surface area contributed by atoms with E-state index in [2.05, 4.69) is 93.8 Å². The Morgan fingerprint density at radius 2 is 1.26 bits per heavy atom. The summed E-state index contributed by atoms with van der Waals surface area (Å²) in [6, 6.07) is 20.9. The molecule has 7 nitrogen and oxygen atoms in total. The van der Waals surface area contributed by atoms with E-state index in [1.807, 2.05) is 71.9 Å². The minimum atomic E-state index is -0.333. The van der Waals surface area contributed by atoms with Gasteiger partial charge in [-0.05, 0) is 133 Å². The molecule has 314 valence electrons. The van der Waals surface area contributed by atoms with E-state index >= 15 is 0 Å². The summed E-state index contributed by atoms with van der Waals surface area (Å²) < 4.78 is 0. The monoisotopic (exact) mass is 789 g/mol. The fourth-order valence-electron chi connectivity index (χ4n) is 6.89. The largest absolute Gasteiger partial charge is 0.512 e. The molecular weight excluding hydrogens is 717 g/mol. The van der Waals surface area contributed by atoms with Gasteiger partial charge in [-0.25, -0.2) is 0 Å². The van der Waals surface area contributed by atoms with Gasteiger partial charge in [0.05, 0.1) is 11.3 Å². The molecule has 0 fully saturated rings. The van der Waals surface area contributed by atoms with Gasteiger partial charge in [-0.15, -0.1) is 0 Å². The number of aliphatic hydroxyl groups is 1. The number of allylic oxidation sites excluding steroid dienone is 10. The van der Waals surface area contributed by atoms with Gasteiger partial charge in [-0.1, -0.05) is 128 Å². The summed E-state index contributed by atoms with van der Waals surface area (Å²) in [6.07, 6.45) is 11.2. The molecule has 7 heteroatoms. The molecule has 1 aliphatic rings. The molecule has 1 aliphatic carbocycles. The molecule has 1 amide bonds. The maximum Gasteiger partial charge on any atom is 0.214 e. The Kier molecular flexibility index (Phi) is 24.6. The van der Waals surface area contributed by atoms with Crippen molar-refractivity contribution in [3.63, 3.8) is 0 Å². The Hall–Kier alpha value is -5.53. The predicted octanol–water partition coefficient (Wildman–Crippen LogP) is 12.6. The summed E-state index contributed by atoms with van der Waals surface area (Å²) in [4.78, 5) is 22.1. The quantitative estimate of drug-likeness (QED) is 0.0494. The van der Waals surface area contributed by atoms with E-state index in [9.17, 15) is 14.7 Å². The molecule has 0 bridgehead atoms. The molecule has 0 spiro atoms. The van der Waals surface area contributed by atoms with Crippen LogP contribution in [0.5, 0.6) is 0 Å². The predicted molar refractivity (Wildman–Crippen MR) is 255 cm³/mol. The van der Waals surface area contributed by atoms with Gasteiger partial charge in [0.25, 0.3) is 0 Å². The number of amides is 1. The molecule has 58 heavy (non-hydrogen) atoms. The third kappa shape index (κ3) is 13.6. The average Bonchev–Trinajstić information content (AvgIpc) is 3.62. The van der Waals surface area contributed by atoms with E-state index in [0.29, 0.717) is 17.7 Å². The minimum Gasteiger partial charge on any atom is -0.512 e. The Morgan fingerprint density at radius 3 is 1.76 bits per heavy atom. The van der Waals surface area contributed by atoms with Gasteiger partial charge < -0.3 is 27.7 Å². The van der Waals surface area contributed by atoms with Gasteiger partial charge in [0.1, 0.15) is 5.76 Å². The van der Waals surface area contributed by atoms with E-state index in [4.69, 9.17) is 11.1 Å². The maximum absolute atomic E-state index is 12.9. The van der Waals surface area contributed by atoms with Crippen LogP contribution in [0.1, 0.15) is 124 Å². The number of primary amides is 1. The van der Waals surface area contributed by atoms with Gasteiger partial charge in [-0.2, -0.15) is 0 Å². The first-order valence-corrected chi connectivity index (χ1v) is 20.7. The van der Waals surface area contributed by atoms with E-state index in [0.717, 1.165) is 74.7 Å². The van der Waals surface area contributed by atoms with Crippen molar-refractivity contribution in [1.82, 2.24) is 0 Å². The first kappa shape index (κ1) is 52.5. The zero-order chi connectivity index (χ0) is 44.7. The number of hydrogen-bond acceptors (Lipinski definition) is 6. The fraction of sp³-hybridized carbons (Fsp3) is 0.353. The Balaban J connectivity index is 0.00000245. The van der Waals surface area contributed by atoms with Crippen LogP contribution in [-0.2, 0) is 22.4 Å². The number of carbonyl (C=O) groups excluding carboxylic acids is 2. The lowest BCUT2D eigenvalue weighted by Gasteiger charge is -2.13. The van der Waals surface area contributed by atoms with Crippen LogP contribution in [0.2, 0.25) is 0 Å². The third-order valence-electron chi connectivity index (χ3n) is 9.23. The number of nitrogens with one attached hydrogen (secondary N) is 1. The van der Waals surface area contributed by atoms with Crippen molar-refractivity contribution >= 4 is 50.2 Å². The standard InChI is InChI=1S/C42H44N2O2.C2H5NO.3C2H6.CH5N/c1-7-29-17-16-26(4)39-34(29)12-10-14-36(39)37(43)23-22-32-20-19-31(41(32)40(27(5)45)28(6)46)18-15-25(3)33-11-9-13-35-30(8-2)21-24-38(44)42(33)35;1-2(3)4;4*1-2/h9-18,21-24,43,45H,7-8,19-20,44H2,1-6H3;1H3,(H2,3,4);3*1-2H3;2H2,1H3/b23-22?,25-15-,31-18+,40-27?,43-37?;;;;;. The summed E-state index contributed by atoms with van der Waals surface area (Å²) in [7, 11) is 1.50. The fourth-order valence-corrected chi connectivity index (χ4v) is 6.89. The normalized spacial score (nSPS) is 13.1. The second kappa shape index (κ2) is 27.2. The SMILES string of the molecule is CC.CC.CC.CC(N)=O.CCc1ccc(C)c2c(C(=N)C=CC3=C(C(C(C)=O)=C(C)O)/C(=C/C=C(/C)c4cccc5c(CC)ccc(N)c45)CC3)cccc12.CN. The molecule has 0 heterocycles. The maximum atomic E-state index is 12.9. The molecule has 0 aliphatic heterocycles. The van der Waals surface area contributed by atoms with Gasteiger partial charge in [0, 0.05) is 23.6 Å². The van der Waals surface area contributed by atoms with Crippen LogP contribution >= 0.6 is 0 Å². The number of aryl methyl sites for hydroxylation is 3. The number of benzene rings is 4. The van der Waals surface area contributed by atoms with Gasteiger partial charge >= 0.3 is 0 Å². The number of anilines is 1. The van der Waals surface area contributed by atoms with Crippen LogP contribution in [0, 0.1) is 12.3 Å². The van der Waals surface area contributed by atoms with Crippen molar-refractivity contribution in [2.75, 3.05) is 12.8 Å². The van der Waals surface area contributed by atoms with Crippen LogP contribution in [0.4, 0.5) is 5.69 Å². The Labute approximate surface area is 350 Å². The highest BCUT2D eigenvalue weighted by Gasteiger charge is 2.26. The van der Waals surface area contributed by atoms with Crippen molar-refractivity contribution in [3.05, 3.63) is 141 Å². The summed E-state index contributed by atoms with van der Waals surface area (Å²) in [5.74, 6) is -0.516. The second-order valence-electron chi connectivity index (χ2n) is 12.8. The summed E-state index contributed by atoms with van der Waals surface area (Å²) in [5.41, 5.74) is 26.3. The zero-order valence-corrected chi connectivity index (χ0v) is 37.9. The number of nitrogen functional groups attached to an aromatic ring is 1. The first-order valence-electron chi connectivity index (χ1n) is 20.7. The molecular formula is C51H72N4O3. The van der Waals surface area contributed by atoms with Crippen molar-refractivity contribution in [1.29, 1.82) is 5.41 Å². The molecule has 0 radical (unpaired) electrons. The van der Waals surface area contributed by atoms with Crippen LogP contribution < -0.4 is 17.2 Å². The molecule has 0 unspecified atom stereocenters. The zero-order valence-electron chi connectivity index (χ0n) is 37.9. The van der Waals surface area contributed by atoms with Crippen molar-refractivity contribution in [2.24, 2.45) is 11.5 Å². The van der Waals surface area contributed by atoms with Gasteiger partial charge in [0.2, 0.25) is 5.91 Å². The number of fused-ring (bicyclic) bond motifs is 2. The number of carbonyl (C=O) groups is 2.